The van der Waals surface area contributed by atoms with Crippen LogP contribution in [0.1, 0.15) is 51.4 Å². The Balaban J connectivity index is 2.80. The minimum absolute atomic E-state index is 0.479. The number of nitrogens with one attached hydrogen (secondary N) is 1. The van der Waals surface area contributed by atoms with Gasteiger partial charge in [-0.15, -0.1) is 0 Å². The fraction of sp³-hybridized carbons (Fsp3) is 0.800. The predicted molar refractivity (Wildman–Crippen MR) is 82.8 cm³/mol. The molecule has 1 heterocycles. The van der Waals surface area contributed by atoms with Gasteiger partial charge in [-0.1, -0.05) is 38.8 Å². The molecule has 0 amide bonds. The maximum atomic E-state index is 6.36. The number of nitrogens with zero attached hydrogens (tertiary/aromatic N) is 2. The third-order valence-corrected chi connectivity index (χ3v) is 4.25. The molecule has 1 aromatic heterocycles. The van der Waals surface area contributed by atoms with E-state index in [9.17, 15) is 0 Å². The summed E-state index contributed by atoms with van der Waals surface area (Å²) in [6, 6.07) is 0.479. The Morgan fingerprint density at radius 2 is 2.00 bits per heavy atom. The van der Waals surface area contributed by atoms with Gasteiger partial charge in [-0.05, 0) is 32.2 Å². The summed E-state index contributed by atoms with van der Waals surface area (Å²) in [5, 5.41) is 8.90. The zero-order chi connectivity index (χ0) is 14.4. The van der Waals surface area contributed by atoms with Crippen molar-refractivity contribution in [3.8, 4) is 0 Å². The molecule has 3 nitrogen and oxygen atoms in total. The van der Waals surface area contributed by atoms with Crippen LogP contribution in [0.15, 0.2) is 0 Å². The fourth-order valence-electron chi connectivity index (χ4n) is 2.57. The average Bonchev–Trinajstić information content (AvgIpc) is 2.60. The Hall–Kier alpha value is -0.540. The van der Waals surface area contributed by atoms with Crippen LogP contribution in [-0.2, 0) is 13.5 Å². The standard InChI is InChI=1S/C15H28ClN3/c1-6-8-11(3)13(17-9-7-2)10-14-15(16)12(4)18-19(14)5/h11,13,17H,6-10H2,1-5H3. The van der Waals surface area contributed by atoms with Crippen LogP contribution in [0.3, 0.4) is 0 Å². The molecule has 2 unspecified atom stereocenters. The van der Waals surface area contributed by atoms with Gasteiger partial charge in [0.25, 0.3) is 0 Å². The summed E-state index contributed by atoms with van der Waals surface area (Å²) < 4.78 is 1.93. The summed E-state index contributed by atoms with van der Waals surface area (Å²) in [5.74, 6) is 0.655. The van der Waals surface area contributed by atoms with Crippen molar-refractivity contribution >= 4 is 11.6 Å². The van der Waals surface area contributed by atoms with Crippen LogP contribution in [-0.4, -0.2) is 22.4 Å². The first-order valence-electron chi connectivity index (χ1n) is 7.42. The van der Waals surface area contributed by atoms with E-state index in [1.807, 2.05) is 18.7 Å². The summed E-state index contributed by atoms with van der Waals surface area (Å²) in [7, 11) is 1.98. The average molecular weight is 286 g/mol. The van der Waals surface area contributed by atoms with Crippen LogP contribution in [0.5, 0.6) is 0 Å². The molecule has 19 heavy (non-hydrogen) atoms. The third kappa shape index (κ3) is 4.50. The number of rotatable bonds is 8. The highest BCUT2D eigenvalue weighted by Gasteiger charge is 2.21. The molecule has 4 heteroatoms. The highest BCUT2D eigenvalue weighted by molar-refractivity contribution is 6.31. The molecular formula is C15H28ClN3. The summed E-state index contributed by atoms with van der Waals surface area (Å²) in [5.41, 5.74) is 2.08. The molecule has 0 aliphatic carbocycles. The van der Waals surface area contributed by atoms with Crippen molar-refractivity contribution in [2.75, 3.05) is 6.54 Å². The van der Waals surface area contributed by atoms with E-state index < -0.39 is 0 Å². The summed E-state index contributed by atoms with van der Waals surface area (Å²) in [4.78, 5) is 0. The largest absolute Gasteiger partial charge is 0.313 e. The van der Waals surface area contributed by atoms with Crippen LogP contribution in [0, 0.1) is 12.8 Å². The molecule has 0 aliphatic heterocycles. The third-order valence-electron chi connectivity index (χ3n) is 3.76. The van der Waals surface area contributed by atoms with Crippen LogP contribution in [0.2, 0.25) is 5.02 Å². The van der Waals surface area contributed by atoms with Gasteiger partial charge < -0.3 is 5.32 Å². The molecule has 0 spiro atoms. The van der Waals surface area contributed by atoms with Gasteiger partial charge in [0, 0.05) is 19.5 Å². The molecule has 1 rings (SSSR count). The second kappa shape index (κ2) is 7.91. The lowest BCUT2D eigenvalue weighted by molar-refractivity contribution is 0.347. The number of aromatic nitrogens is 2. The van der Waals surface area contributed by atoms with Crippen molar-refractivity contribution in [2.45, 2.75) is 59.4 Å². The van der Waals surface area contributed by atoms with Gasteiger partial charge in [0.15, 0.2) is 0 Å². The Bertz CT molecular complexity index is 387. The number of hydrogen-bond donors (Lipinski definition) is 1. The maximum absolute atomic E-state index is 6.36. The quantitative estimate of drug-likeness (QED) is 0.789. The number of halogens is 1. The Morgan fingerprint density at radius 3 is 2.47 bits per heavy atom. The second-order valence-corrected chi connectivity index (χ2v) is 5.88. The molecule has 1 N–H and O–H groups in total. The topological polar surface area (TPSA) is 29.9 Å². The normalized spacial score (nSPS) is 14.6. The van der Waals surface area contributed by atoms with Crippen LogP contribution >= 0.6 is 11.6 Å². The summed E-state index contributed by atoms with van der Waals surface area (Å²) in [6.07, 6.45) is 4.59. The lowest BCUT2D eigenvalue weighted by Gasteiger charge is -2.25. The molecule has 0 fully saturated rings. The first kappa shape index (κ1) is 16.5. The lowest BCUT2D eigenvalue weighted by atomic mass is 9.93. The first-order chi connectivity index (χ1) is 9.01. The van der Waals surface area contributed by atoms with Crippen molar-refractivity contribution in [1.82, 2.24) is 15.1 Å². The van der Waals surface area contributed by atoms with Crippen LogP contribution in [0.25, 0.3) is 0 Å². The molecule has 1 aromatic rings. The van der Waals surface area contributed by atoms with E-state index in [0.717, 1.165) is 35.8 Å². The minimum Gasteiger partial charge on any atom is -0.313 e. The minimum atomic E-state index is 0.479. The van der Waals surface area contributed by atoms with Crippen molar-refractivity contribution in [3.05, 3.63) is 16.4 Å². The van der Waals surface area contributed by atoms with Crippen molar-refractivity contribution in [1.29, 1.82) is 0 Å². The van der Waals surface area contributed by atoms with Gasteiger partial charge in [0.2, 0.25) is 0 Å². The zero-order valence-corrected chi connectivity index (χ0v) is 13.7. The van der Waals surface area contributed by atoms with E-state index in [-0.39, 0.29) is 0 Å². The SMILES string of the molecule is CCCNC(Cc1c(Cl)c(C)nn1C)C(C)CCC. The molecule has 0 radical (unpaired) electrons. The Kier molecular flexibility index (Phi) is 6.87. The van der Waals surface area contributed by atoms with Gasteiger partial charge in [0.05, 0.1) is 16.4 Å². The van der Waals surface area contributed by atoms with E-state index in [4.69, 9.17) is 11.6 Å². The molecule has 0 aliphatic rings. The van der Waals surface area contributed by atoms with Crippen LogP contribution in [0.4, 0.5) is 0 Å². The summed E-state index contributed by atoms with van der Waals surface area (Å²) >= 11 is 6.36. The molecule has 0 aromatic carbocycles. The van der Waals surface area contributed by atoms with Gasteiger partial charge in [0.1, 0.15) is 0 Å². The molecule has 0 saturated heterocycles. The molecule has 2 atom stereocenters. The van der Waals surface area contributed by atoms with Gasteiger partial charge >= 0.3 is 0 Å². The highest BCUT2D eigenvalue weighted by atomic mass is 35.5. The second-order valence-electron chi connectivity index (χ2n) is 5.50. The number of aryl methyl sites for hydroxylation is 2. The summed E-state index contributed by atoms with van der Waals surface area (Å²) in [6.45, 7) is 9.81. The highest BCUT2D eigenvalue weighted by Crippen LogP contribution is 2.23. The lowest BCUT2D eigenvalue weighted by Crippen LogP contribution is -2.38. The van der Waals surface area contributed by atoms with E-state index in [2.05, 4.69) is 31.2 Å². The van der Waals surface area contributed by atoms with E-state index in [1.54, 1.807) is 0 Å². The van der Waals surface area contributed by atoms with Crippen molar-refractivity contribution in [3.63, 3.8) is 0 Å². The van der Waals surface area contributed by atoms with E-state index >= 15 is 0 Å². The van der Waals surface area contributed by atoms with Gasteiger partial charge in [-0.3, -0.25) is 4.68 Å². The Morgan fingerprint density at radius 1 is 1.32 bits per heavy atom. The molecule has 110 valence electrons. The van der Waals surface area contributed by atoms with Gasteiger partial charge in [-0.25, -0.2) is 0 Å². The van der Waals surface area contributed by atoms with E-state index in [0.29, 0.717) is 12.0 Å². The first-order valence-corrected chi connectivity index (χ1v) is 7.80. The molecule has 0 bridgehead atoms. The van der Waals surface area contributed by atoms with Gasteiger partial charge in [-0.2, -0.15) is 5.10 Å². The maximum Gasteiger partial charge on any atom is 0.0847 e. The zero-order valence-electron chi connectivity index (χ0n) is 13.0. The molecular weight excluding hydrogens is 258 g/mol. The van der Waals surface area contributed by atoms with Crippen molar-refractivity contribution < 1.29 is 0 Å². The predicted octanol–water partition coefficient (Wildman–Crippen LogP) is 3.73. The Labute approximate surface area is 122 Å². The monoisotopic (exact) mass is 285 g/mol. The smallest absolute Gasteiger partial charge is 0.0847 e. The van der Waals surface area contributed by atoms with Crippen LogP contribution < -0.4 is 5.32 Å². The van der Waals surface area contributed by atoms with E-state index in [1.165, 1.54) is 12.8 Å². The number of hydrogen-bond acceptors (Lipinski definition) is 2. The molecule has 0 saturated carbocycles. The fourth-order valence-corrected chi connectivity index (χ4v) is 2.81. The van der Waals surface area contributed by atoms with Crippen molar-refractivity contribution in [2.24, 2.45) is 13.0 Å².